The predicted molar refractivity (Wildman–Crippen MR) is 104 cm³/mol. The lowest BCUT2D eigenvalue weighted by Crippen LogP contribution is -2.37. The highest BCUT2D eigenvalue weighted by atomic mass is 127. The molecule has 2 N–H and O–H groups in total. The molecule has 0 spiro atoms. The summed E-state index contributed by atoms with van der Waals surface area (Å²) in [6.07, 6.45) is 9.84. The molecule has 0 bridgehead atoms. The molecular formula is C16H33IN4. The molecule has 1 fully saturated rings. The minimum atomic E-state index is 0. The molecule has 21 heavy (non-hydrogen) atoms. The summed E-state index contributed by atoms with van der Waals surface area (Å²) >= 11 is 0. The van der Waals surface area contributed by atoms with E-state index in [0.29, 0.717) is 0 Å². The summed E-state index contributed by atoms with van der Waals surface area (Å²) in [7, 11) is 0. The molecule has 0 atom stereocenters. The van der Waals surface area contributed by atoms with Crippen LogP contribution in [0.15, 0.2) is 17.6 Å². The molecule has 124 valence electrons. The average Bonchev–Trinajstić information content (AvgIpc) is 2.49. The molecule has 0 aromatic heterocycles. The van der Waals surface area contributed by atoms with E-state index in [-0.39, 0.29) is 24.0 Å². The van der Waals surface area contributed by atoms with E-state index >= 15 is 0 Å². The van der Waals surface area contributed by atoms with Gasteiger partial charge in [-0.15, -0.1) is 30.6 Å². The van der Waals surface area contributed by atoms with Gasteiger partial charge in [0.2, 0.25) is 0 Å². The van der Waals surface area contributed by atoms with E-state index in [2.05, 4.69) is 34.0 Å². The number of hydrogen-bond donors (Lipinski definition) is 2. The largest absolute Gasteiger partial charge is 0.357 e. The fourth-order valence-electron chi connectivity index (χ4n) is 2.51. The third kappa shape index (κ3) is 11.0. The van der Waals surface area contributed by atoms with Crippen molar-refractivity contribution >= 4 is 29.9 Å². The van der Waals surface area contributed by atoms with E-state index in [0.717, 1.165) is 25.6 Å². The number of unbranched alkanes of at least 4 members (excludes halogenated alkanes) is 2. The van der Waals surface area contributed by atoms with E-state index in [1.165, 1.54) is 58.2 Å². The summed E-state index contributed by atoms with van der Waals surface area (Å²) in [6.45, 7) is 12.3. The second-order valence-electron chi connectivity index (χ2n) is 5.39. The summed E-state index contributed by atoms with van der Waals surface area (Å²) < 4.78 is 0. The van der Waals surface area contributed by atoms with Crippen LogP contribution in [0.25, 0.3) is 0 Å². The molecule has 0 unspecified atom stereocenters. The molecule has 1 rings (SSSR count). The Morgan fingerprint density at radius 3 is 2.57 bits per heavy atom. The lowest BCUT2D eigenvalue weighted by molar-refractivity contribution is 0.224. The van der Waals surface area contributed by atoms with E-state index < -0.39 is 0 Å². The lowest BCUT2D eigenvalue weighted by atomic mass is 10.1. The van der Waals surface area contributed by atoms with Crippen molar-refractivity contribution in [3.05, 3.63) is 12.7 Å². The monoisotopic (exact) mass is 408 g/mol. The zero-order valence-electron chi connectivity index (χ0n) is 13.6. The number of halogens is 1. The molecule has 1 heterocycles. The number of rotatable bonds is 9. The quantitative estimate of drug-likeness (QED) is 0.203. The van der Waals surface area contributed by atoms with Gasteiger partial charge in [0.05, 0.1) is 0 Å². The third-order valence-electron chi connectivity index (χ3n) is 3.61. The van der Waals surface area contributed by atoms with Gasteiger partial charge in [0.25, 0.3) is 0 Å². The molecule has 1 aliphatic heterocycles. The highest BCUT2D eigenvalue weighted by Crippen LogP contribution is 2.09. The van der Waals surface area contributed by atoms with Gasteiger partial charge in [0.1, 0.15) is 0 Å². The number of guanidine groups is 1. The Labute approximate surface area is 147 Å². The number of hydrogen-bond acceptors (Lipinski definition) is 2. The standard InChI is InChI=1S/C16H32N4.HI/c1-3-11-18-16(17-4-2)19-12-7-5-8-13-20-14-9-6-10-15-20;/h3H,1,4-15H2,2H3,(H2,17,18,19);1H. The summed E-state index contributed by atoms with van der Waals surface area (Å²) in [5.74, 6) is 0.906. The number of nitrogens with zero attached hydrogens (tertiary/aromatic N) is 2. The predicted octanol–water partition coefficient (Wildman–Crippen LogP) is 3.00. The fourth-order valence-corrected chi connectivity index (χ4v) is 2.51. The Kier molecular flexibility index (Phi) is 14.4. The van der Waals surface area contributed by atoms with E-state index in [1.54, 1.807) is 0 Å². The molecule has 1 saturated heterocycles. The maximum atomic E-state index is 4.57. The van der Waals surface area contributed by atoms with Crippen molar-refractivity contribution in [2.24, 2.45) is 4.99 Å². The van der Waals surface area contributed by atoms with Crippen LogP contribution in [-0.4, -0.2) is 50.1 Å². The molecule has 0 aromatic carbocycles. The van der Waals surface area contributed by atoms with Crippen molar-refractivity contribution in [3.63, 3.8) is 0 Å². The minimum Gasteiger partial charge on any atom is -0.357 e. The number of piperidine rings is 1. The summed E-state index contributed by atoms with van der Waals surface area (Å²) in [5.41, 5.74) is 0. The van der Waals surface area contributed by atoms with Crippen LogP contribution in [0.5, 0.6) is 0 Å². The molecule has 0 amide bonds. The second kappa shape index (κ2) is 14.6. The molecule has 0 aromatic rings. The number of likely N-dealkylation sites (tertiary alicyclic amines) is 1. The first kappa shape index (κ1) is 20.7. The summed E-state index contributed by atoms with van der Waals surface area (Å²) in [4.78, 5) is 7.18. The smallest absolute Gasteiger partial charge is 0.191 e. The van der Waals surface area contributed by atoms with Gasteiger partial charge < -0.3 is 15.5 Å². The van der Waals surface area contributed by atoms with Crippen LogP contribution < -0.4 is 10.6 Å². The molecule has 4 nitrogen and oxygen atoms in total. The summed E-state index contributed by atoms with van der Waals surface area (Å²) in [6, 6.07) is 0. The normalized spacial score (nSPS) is 16.1. The van der Waals surface area contributed by atoms with Crippen molar-refractivity contribution in [1.82, 2.24) is 15.5 Å². The number of aliphatic imine (C=N–C) groups is 1. The van der Waals surface area contributed by atoms with Gasteiger partial charge in [-0.05, 0) is 52.2 Å². The van der Waals surface area contributed by atoms with Crippen molar-refractivity contribution < 1.29 is 0 Å². The van der Waals surface area contributed by atoms with Crippen molar-refractivity contribution in [2.75, 3.05) is 39.3 Å². The number of nitrogens with one attached hydrogen (secondary N) is 2. The fraction of sp³-hybridized carbons (Fsp3) is 0.812. The average molecular weight is 408 g/mol. The van der Waals surface area contributed by atoms with Crippen LogP contribution in [0, 0.1) is 0 Å². The van der Waals surface area contributed by atoms with E-state index in [4.69, 9.17) is 0 Å². The Balaban J connectivity index is 0.00000400. The topological polar surface area (TPSA) is 39.7 Å². The van der Waals surface area contributed by atoms with Crippen LogP contribution in [0.3, 0.4) is 0 Å². The van der Waals surface area contributed by atoms with Crippen LogP contribution in [0.2, 0.25) is 0 Å². The highest BCUT2D eigenvalue weighted by molar-refractivity contribution is 14.0. The molecule has 0 aliphatic carbocycles. The van der Waals surface area contributed by atoms with Crippen LogP contribution in [0.1, 0.15) is 45.4 Å². The molecule has 5 heteroatoms. The van der Waals surface area contributed by atoms with Gasteiger partial charge in [-0.25, -0.2) is 0 Å². The maximum Gasteiger partial charge on any atom is 0.191 e. The van der Waals surface area contributed by atoms with Crippen LogP contribution >= 0.6 is 24.0 Å². The Bertz CT molecular complexity index is 275. The Morgan fingerprint density at radius 2 is 1.90 bits per heavy atom. The molecular weight excluding hydrogens is 375 g/mol. The molecule has 0 radical (unpaired) electrons. The van der Waals surface area contributed by atoms with Crippen LogP contribution in [-0.2, 0) is 0 Å². The Hall–Kier alpha value is -0.300. The first-order valence-electron chi connectivity index (χ1n) is 8.22. The highest BCUT2D eigenvalue weighted by Gasteiger charge is 2.08. The van der Waals surface area contributed by atoms with Gasteiger partial charge in [-0.1, -0.05) is 18.9 Å². The zero-order chi connectivity index (χ0) is 14.5. The maximum absolute atomic E-state index is 4.57. The summed E-state index contributed by atoms with van der Waals surface area (Å²) in [5, 5.41) is 6.47. The van der Waals surface area contributed by atoms with E-state index in [1.807, 2.05) is 6.08 Å². The minimum absolute atomic E-state index is 0. The Morgan fingerprint density at radius 1 is 1.14 bits per heavy atom. The lowest BCUT2D eigenvalue weighted by Gasteiger charge is -2.26. The molecule has 0 saturated carbocycles. The van der Waals surface area contributed by atoms with Gasteiger partial charge >= 0.3 is 0 Å². The van der Waals surface area contributed by atoms with Crippen LogP contribution in [0.4, 0.5) is 0 Å². The first-order chi connectivity index (χ1) is 9.86. The molecule has 1 aliphatic rings. The van der Waals surface area contributed by atoms with Gasteiger partial charge in [-0.3, -0.25) is 4.99 Å². The first-order valence-corrected chi connectivity index (χ1v) is 8.22. The zero-order valence-corrected chi connectivity index (χ0v) is 15.9. The second-order valence-corrected chi connectivity index (χ2v) is 5.39. The van der Waals surface area contributed by atoms with Gasteiger partial charge in [0.15, 0.2) is 5.96 Å². The van der Waals surface area contributed by atoms with Crippen molar-refractivity contribution in [2.45, 2.75) is 45.4 Å². The van der Waals surface area contributed by atoms with E-state index in [9.17, 15) is 0 Å². The van der Waals surface area contributed by atoms with Gasteiger partial charge in [0, 0.05) is 19.6 Å². The van der Waals surface area contributed by atoms with Gasteiger partial charge in [-0.2, -0.15) is 0 Å². The van der Waals surface area contributed by atoms with Crippen molar-refractivity contribution in [3.8, 4) is 0 Å². The third-order valence-corrected chi connectivity index (χ3v) is 3.61. The SMILES string of the molecule is C=CCNC(=NCCCCCN1CCCCC1)NCC.I. The van der Waals surface area contributed by atoms with Crippen molar-refractivity contribution in [1.29, 1.82) is 0 Å².